The van der Waals surface area contributed by atoms with E-state index in [-0.39, 0.29) is 5.92 Å². The molecule has 2 nitrogen and oxygen atoms in total. The molecule has 1 aliphatic heterocycles. The van der Waals surface area contributed by atoms with E-state index < -0.39 is 0 Å². The molecule has 3 heterocycles. The van der Waals surface area contributed by atoms with E-state index >= 15 is 0 Å². The molecule has 0 bridgehead atoms. The average Bonchev–Trinajstić information content (AvgIpc) is 3.82. The van der Waals surface area contributed by atoms with Gasteiger partial charge in [0.15, 0.2) is 0 Å². The number of anilines is 2. The summed E-state index contributed by atoms with van der Waals surface area (Å²) >= 11 is 1.87. The maximum atomic E-state index is 4.64. The predicted octanol–water partition coefficient (Wildman–Crippen LogP) is 14.0. The van der Waals surface area contributed by atoms with Crippen LogP contribution in [0.25, 0.3) is 58.8 Å². The maximum absolute atomic E-state index is 4.64. The Morgan fingerprint density at radius 3 is 2.29 bits per heavy atom. The Morgan fingerprint density at radius 1 is 0.706 bits per heavy atom. The number of aromatic nitrogens is 1. The van der Waals surface area contributed by atoms with Crippen molar-refractivity contribution in [2.24, 2.45) is 0 Å². The molecule has 0 N–H and O–H groups in total. The van der Waals surface area contributed by atoms with E-state index in [1.54, 1.807) is 0 Å². The summed E-state index contributed by atoms with van der Waals surface area (Å²) in [5.74, 6) is 0.204. The van der Waals surface area contributed by atoms with Crippen molar-refractivity contribution in [2.75, 3.05) is 4.90 Å². The molecule has 2 aliphatic carbocycles. The summed E-state index contributed by atoms with van der Waals surface area (Å²) in [6.45, 7) is 8.77. The van der Waals surface area contributed by atoms with Crippen LogP contribution >= 0.6 is 11.3 Å². The number of allylic oxidation sites excluding steroid dienone is 10. The molecule has 2 aromatic heterocycles. The third-order valence-electron chi connectivity index (χ3n) is 11.2. The van der Waals surface area contributed by atoms with Gasteiger partial charge in [-0.15, -0.1) is 17.9 Å². The molecule has 3 aliphatic rings. The van der Waals surface area contributed by atoms with Crippen LogP contribution in [0.2, 0.25) is 0 Å². The Labute approximate surface area is 303 Å². The normalized spacial score (nSPS) is 17.0. The molecule has 5 aromatic carbocycles. The van der Waals surface area contributed by atoms with Gasteiger partial charge in [0.25, 0.3) is 0 Å². The second-order valence-electron chi connectivity index (χ2n) is 14.1. The van der Waals surface area contributed by atoms with Crippen LogP contribution in [0.1, 0.15) is 43.6 Å². The SMILES string of the molecule is C=CCC1C(=C)n2c3ccccc3c3cc(N(C4=CC=C(C5=CC=CCC5)CC4)c4ccc(-c5ccc6sc7ccccc7c6c5)cc4)cc1c32. The minimum Gasteiger partial charge on any atom is -0.314 e. The summed E-state index contributed by atoms with van der Waals surface area (Å²) in [7, 11) is 0. The highest BCUT2D eigenvalue weighted by Crippen LogP contribution is 2.50. The summed E-state index contributed by atoms with van der Waals surface area (Å²) in [5, 5.41) is 5.23. The van der Waals surface area contributed by atoms with Gasteiger partial charge in [0.1, 0.15) is 0 Å². The Hall–Kier alpha value is -5.64. The fraction of sp³-hybridized carbons (Fsp3) is 0.125. The van der Waals surface area contributed by atoms with Crippen LogP contribution in [-0.4, -0.2) is 4.57 Å². The number of hydrogen-bond acceptors (Lipinski definition) is 2. The number of fused-ring (bicyclic) bond motifs is 6. The first kappa shape index (κ1) is 30.2. The van der Waals surface area contributed by atoms with Crippen LogP contribution in [-0.2, 0) is 0 Å². The molecule has 0 saturated heterocycles. The molecule has 7 aromatic rings. The van der Waals surface area contributed by atoms with Gasteiger partial charge in [-0.3, -0.25) is 0 Å². The smallest absolute Gasteiger partial charge is 0.0578 e. The molecule has 0 spiro atoms. The highest BCUT2D eigenvalue weighted by molar-refractivity contribution is 7.25. The highest BCUT2D eigenvalue weighted by Gasteiger charge is 2.32. The molecule has 1 atom stereocenters. The van der Waals surface area contributed by atoms with Crippen LogP contribution in [0.4, 0.5) is 11.4 Å². The van der Waals surface area contributed by atoms with Gasteiger partial charge in [0.2, 0.25) is 0 Å². The number of para-hydroxylation sites is 1. The van der Waals surface area contributed by atoms with Crippen molar-refractivity contribution in [3.8, 4) is 11.1 Å². The molecule has 0 saturated carbocycles. The van der Waals surface area contributed by atoms with Crippen LogP contribution in [0, 0.1) is 0 Å². The Morgan fingerprint density at radius 2 is 1.49 bits per heavy atom. The van der Waals surface area contributed by atoms with Crippen molar-refractivity contribution < 1.29 is 0 Å². The maximum Gasteiger partial charge on any atom is 0.0578 e. The van der Waals surface area contributed by atoms with Gasteiger partial charge in [0, 0.05) is 59.6 Å². The molecule has 51 heavy (non-hydrogen) atoms. The van der Waals surface area contributed by atoms with Gasteiger partial charge < -0.3 is 9.47 Å². The van der Waals surface area contributed by atoms with E-state index in [1.165, 1.54) is 86.9 Å². The molecule has 10 rings (SSSR count). The van der Waals surface area contributed by atoms with Crippen LogP contribution in [0.5, 0.6) is 0 Å². The van der Waals surface area contributed by atoms with E-state index in [0.29, 0.717) is 0 Å². The van der Waals surface area contributed by atoms with E-state index in [4.69, 9.17) is 0 Å². The molecular formula is C48H38N2S. The van der Waals surface area contributed by atoms with Gasteiger partial charge in [-0.2, -0.15) is 0 Å². The Kier molecular flexibility index (Phi) is 7.11. The van der Waals surface area contributed by atoms with Crippen LogP contribution in [0.3, 0.4) is 0 Å². The van der Waals surface area contributed by atoms with Crippen molar-refractivity contribution in [1.29, 1.82) is 0 Å². The standard InChI is InChI=1S/C48H38N2S/c1-3-11-39-31(2)49-45-16-9-7-14-40(45)44-30-38(29-43(39)48(44)49)50(36-23-18-33(19-24-36)32-12-5-4-6-13-32)37-25-20-34(21-26-37)35-22-27-47-42(28-35)41-15-8-10-17-46(41)51-47/h3-5,7-10,12,14-18,20-23,25-30,39H,1-2,6,11,13,19,24H2. The van der Waals surface area contributed by atoms with Crippen molar-refractivity contribution in [2.45, 2.75) is 38.0 Å². The Bertz CT molecular complexity index is 2710. The number of nitrogens with zero attached hydrogens (tertiary/aromatic N) is 2. The van der Waals surface area contributed by atoms with Gasteiger partial charge in [-0.05, 0) is 115 Å². The first-order valence-electron chi connectivity index (χ1n) is 18.1. The van der Waals surface area contributed by atoms with Crippen molar-refractivity contribution in [1.82, 2.24) is 4.57 Å². The quantitative estimate of drug-likeness (QED) is 0.153. The zero-order valence-electron chi connectivity index (χ0n) is 28.6. The molecule has 3 heteroatoms. The third kappa shape index (κ3) is 4.83. The molecule has 0 amide bonds. The topological polar surface area (TPSA) is 8.17 Å². The van der Waals surface area contributed by atoms with E-state index in [1.807, 2.05) is 17.4 Å². The Balaban J connectivity index is 1.12. The van der Waals surface area contributed by atoms with Gasteiger partial charge in [0.05, 0.1) is 11.0 Å². The second-order valence-corrected chi connectivity index (χ2v) is 15.1. The minimum absolute atomic E-state index is 0.204. The van der Waals surface area contributed by atoms with Gasteiger partial charge >= 0.3 is 0 Å². The fourth-order valence-corrected chi connectivity index (χ4v) is 9.80. The lowest BCUT2D eigenvalue weighted by atomic mass is 9.90. The lowest BCUT2D eigenvalue weighted by molar-refractivity contribution is 0.849. The molecule has 246 valence electrons. The van der Waals surface area contributed by atoms with Gasteiger partial charge in [-0.25, -0.2) is 0 Å². The first-order chi connectivity index (χ1) is 25.2. The predicted molar refractivity (Wildman–Crippen MR) is 221 cm³/mol. The van der Waals surface area contributed by atoms with E-state index in [2.05, 4.69) is 156 Å². The highest BCUT2D eigenvalue weighted by atomic mass is 32.1. The summed E-state index contributed by atoms with van der Waals surface area (Å²) in [4.78, 5) is 2.51. The lowest BCUT2D eigenvalue weighted by Crippen LogP contribution is -2.18. The minimum atomic E-state index is 0.204. The lowest BCUT2D eigenvalue weighted by Gasteiger charge is -2.31. The molecular weight excluding hydrogens is 637 g/mol. The zero-order chi connectivity index (χ0) is 34.1. The number of rotatable bonds is 7. The average molecular weight is 675 g/mol. The summed E-state index contributed by atoms with van der Waals surface area (Å²) in [5.41, 5.74) is 14.1. The molecule has 0 radical (unpaired) electrons. The van der Waals surface area contributed by atoms with Crippen molar-refractivity contribution >= 4 is 70.4 Å². The number of benzene rings is 5. The monoisotopic (exact) mass is 674 g/mol. The van der Waals surface area contributed by atoms with Crippen molar-refractivity contribution in [3.05, 3.63) is 175 Å². The van der Waals surface area contributed by atoms with Gasteiger partial charge in [-0.1, -0.05) is 91.6 Å². The van der Waals surface area contributed by atoms with E-state index in [0.717, 1.165) is 37.8 Å². The summed E-state index contributed by atoms with van der Waals surface area (Å²) < 4.78 is 5.07. The fourth-order valence-electron chi connectivity index (χ4n) is 8.71. The number of hydrogen-bond donors (Lipinski definition) is 0. The van der Waals surface area contributed by atoms with E-state index in [9.17, 15) is 0 Å². The first-order valence-corrected chi connectivity index (χ1v) is 18.9. The number of thiophene rings is 1. The largest absolute Gasteiger partial charge is 0.314 e. The van der Waals surface area contributed by atoms with Crippen LogP contribution < -0.4 is 4.90 Å². The van der Waals surface area contributed by atoms with Crippen molar-refractivity contribution in [3.63, 3.8) is 0 Å². The zero-order valence-corrected chi connectivity index (χ0v) is 29.4. The van der Waals surface area contributed by atoms with Crippen LogP contribution in [0.15, 0.2) is 170 Å². The second kappa shape index (κ2) is 12.0. The summed E-state index contributed by atoms with van der Waals surface area (Å²) in [6, 6.07) is 38.5. The summed E-state index contributed by atoms with van der Waals surface area (Å²) in [6.07, 6.45) is 18.7. The third-order valence-corrected chi connectivity index (χ3v) is 12.3. The molecule has 1 unspecified atom stereocenters. The molecule has 0 fully saturated rings.